The Morgan fingerprint density at radius 1 is 0.969 bits per heavy atom. The molecule has 2 nitrogen and oxygen atoms in total. The van der Waals surface area contributed by atoms with E-state index in [0.717, 1.165) is 25.7 Å². The molecule has 7 atom stereocenters. The first-order valence-corrected chi connectivity index (χ1v) is 13.6. The Morgan fingerprint density at radius 3 is 2.34 bits per heavy atom. The number of aliphatic hydroxyl groups excluding tert-OH is 2. The first kappa shape index (κ1) is 24.5. The molecule has 0 heterocycles. The Balaban J connectivity index is 1.66. The summed E-state index contributed by atoms with van der Waals surface area (Å²) in [4.78, 5) is 0. The number of rotatable bonds is 5. The van der Waals surface area contributed by atoms with Gasteiger partial charge in [-0.2, -0.15) is 0 Å². The molecule has 4 aliphatic rings. The predicted octanol–water partition coefficient (Wildman–Crippen LogP) is 7.45. The van der Waals surface area contributed by atoms with Gasteiger partial charge in [0.05, 0.1) is 6.10 Å². The van der Waals surface area contributed by atoms with E-state index in [1.807, 2.05) is 0 Å². The molecule has 4 rings (SSSR count). The maximum absolute atomic E-state index is 10.8. The van der Waals surface area contributed by atoms with Gasteiger partial charge in [-0.25, -0.2) is 0 Å². The average molecular weight is 443 g/mol. The second kappa shape index (κ2) is 8.26. The summed E-state index contributed by atoms with van der Waals surface area (Å²) in [5, 5.41) is 21.2. The molecule has 0 bridgehead atoms. The van der Waals surface area contributed by atoms with Crippen LogP contribution in [0, 0.1) is 39.4 Å². The lowest BCUT2D eigenvalue weighted by Gasteiger charge is -2.62. The van der Waals surface area contributed by atoms with E-state index in [1.165, 1.54) is 44.1 Å². The Morgan fingerprint density at radius 2 is 1.69 bits per heavy atom. The van der Waals surface area contributed by atoms with Crippen LogP contribution in [0.3, 0.4) is 0 Å². The standard InChI is InChI=1S/C30H50O2/c1-20(2)9-8-10-21(19-31)22-13-17-30(7)24-11-12-25-27(3,4)26(32)15-16-28(25,5)23(24)14-18-29(22,30)6/h9,21-22,25-26,31-32H,8,10-19H2,1-7H3/t21-,22+,25?,26-,28+,29+,30-/m0/s1. The highest BCUT2D eigenvalue weighted by atomic mass is 16.3. The second-order valence-electron chi connectivity index (χ2n) is 13.5. The lowest BCUT2D eigenvalue weighted by molar-refractivity contribution is -0.0966. The molecule has 32 heavy (non-hydrogen) atoms. The zero-order valence-electron chi connectivity index (χ0n) is 22.1. The molecule has 2 heteroatoms. The van der Waals surface area contributed by atoms with Crippen LogP contribution in [0.4, 0.5) is 0 Å². The van der Waals surface area contributed by atoms with Crippen LogP contribution in [-0.4, -0.2) is 22.9 Å². The van der Waals surface area contributed by atoms with Crippen LogP contribution in [0.25, 0.3) is 0 Å². The van der Waals surface area contributed by atoms with Gasteiger partial charge in [0.15, 0.2) is 0 Å². The molecule has 0 saturated heterocycles. The fraction of sp³-hybridized carbons (Fsp3) is 0.867. The van der Waals surface area contributed by atoms with Crippen LogP contribution in [0.5, 0.6) is 0 Å². The largest absolute Gasteiger partial charge is 0.396 e. The van der Waals surface area contributed by atoms with E-state index in [2.05, 4.69) is 54.5 Å². The van der Waals surface area contributed by atoms with Crippen molar-refractivity contribution in [2.45, 2.75) is 119 Å². The number of hydrogen-bond acceptors (Lipinski definition) is 2. The molecule has 2 fully saturated rings. The second-order valence-corrected chi connectivity index (χ2v) is 13.5. The summed E-state index contributed by atoms with van der Waals surface area (Å²) < 4.78 is 0. The van der Waals surface area contributed by atoms with Crippen molar-refractivity contribution >= 4 is 0 Å². The minimum atomic E-state index is -0.158. The summed E-state index contributed by atoms with van der Waals surface area (Å²) in [5.74, 6) is 1.65. The third kappa shape index (κ3) is 3.41. The van der Waals surface area contributed by atoms with Gasteiger partial charge in [-0.3, -0.25) is 0 Å². The van der Waals surface area contributed by atoms with Gasteiger partial charge in [-0.05, 0) is 117 Å². The fourth-order valence-corrected chi connectivity index (χ4v) is 9.48. The highest BCUT2D eigenvalue weighted by Gasteiger charge is 2.63. The molecule has 2 saturated carbocycles. The number of fused-ring (bicyclic) bond motifs is 4. The normalized spacial score (nSPS) is 43.8. The maximum atomic E-state index is 10.8. The van der Waals surface area contributed by atoms with Crippen LogP contribution in [0.1, 0.15) is 113 Å². The van der Waals surface area contributed by atoms with Crippen molar-refractivity contribution in [2.24, 2.45) is 39.4 Å². The zero-order chi connectivity index (χ0) is 23.5. The Bertz CT molecular complexity index is 787. The van der Waals surface area contributed by atoms with Crippen LogP contribution in [-0.2, 0) is 0 Å². The first-order valence-electron chi connectivity index (χ1n) is 13.6. The SMILES string of the molecule is CC(C)=CCC[C@@H](CO)[C@H]1CC[C@@]2(C)C3=C(CC[C@]12C)[C@@]1(C)CC[C@H](O)C(C)(C)C1CC3. The van der Waals surface area contributed by atoms with Crippen LogP contribution >= 0.6 is 0 Å². The number of hydrogen-bond donors (Lipinski definition) is 2. The van der Waals surface area contributed by atoms with Gasteiger partial charge in [0.1, 0.15) is 0 Å². The van der Waals surface area contributed by atoms with Crippen molar-refractivity contribution in [3.05, 3.63) is 22.8 Å². The molecule has 0 aromatic carbocycles. The highest BCUT2D eigenvalue weighted by molar-refractivity contribution is 5.38. The lowest BCUT2D eigenvalue weighted by Crippen LogP contribution is -2.55. The van der Waals surface area contributed by atoms with E-state index in [9.17, 15) is 10.2 Å². The fourth-order valence-electron chi connectivity index (χ4n) is 9.48. The van der Waals surface area contributed by atoms with Crippen molar-refractivity contribution in [1.29, 1.82) is 0 Å². The van der Waals surface area contributed by atoms with E-state index >= 15 is 0 Å². The van der Waals surface area contributed by atoms with Gasteiger partial charge in [0, 0.05) is 6.61 Å². The Kier molecular flexibility index (Phi) is 6.33. The van der Waals surface area contributed by atoms with Gasteiger partial charge in [0.2, 0.25) is 0 Å². The quantitative estimate of drug-likeness (QED) is 0.434. The molecule has 2 N–H and O–H groups in total. The van der Waals surface area contributed by atoms with Crippen molar-refractivity contribution in [1.82, 2.24) is 0 Å². The molecule has 0 spiro atoms. The van der Waals surface area contributed by atoms with Crippen LogP contribution < -0.4 is 0 Å². The summed E-state index contributed by atoms with van der Waals surface area (Å²) in [7, 11) is 0. The van der Waals surface area contributed by atoms with E-state index < -0.39 is 0 Å². The lowest BCUT2D eigenvalue weighted by atomic mass is 9.43. The Labute approximate surface area is 198 Å². The predicted molar refractivity (Wildman–Crippen MR) is 134 cm³/mol. The van der Waals surface area contributed by atoms with Gasteiger partial charge in [0.25, 0.3) is 0 Å². The molecule has 0 aromatic rings. The molecular weight excluding hydrogens is 392 g/mol. The molecule has 182 valence electrons. The van der Waals surface area contributed by atoms with Crippen LogP contribution in [0.2, 0.25) is 0 Å². The van der Waals surface area contributed by atoms with Crippen molar-refractivity contribution in [3.63, 3.8) is 0 Å². The van der Waals surface area contributed by atoms with Gasteiger partial charge in [-0.1, -0.05) is 57.4 Å². The van der Waals surface area contributed by atoms with E-state index in [0.29, 0.717) is 29.8 Å². The molecule has 1 unspecified atom stereocenters. The van der Waals surface area contributed by atoms with Crippen molar-refractivity contribution in [3.8, 4) is 0 Å². The third-order valence-electron chi connectivity index (χ3n) is 11.7. The Hall–Kier alpha value is -0.600. The minimum Gasteiger partial charge on any atom is -0.396 e. The van der Waals surface area contributed by atoms with Crippen molar-refractivity contribution in [2.75, 3.05) is 6.61 Å². The van der Waals surface area contributed by atoms with E-state index in [1.54, 1.807) is 11.1 Å². The zero-order valence-corrected chi connectivity index (χ0v) is 22.1. The van der Waals surface area contributed by atoms with E-state index in [4.69, 9.17) is 0 Å². The summed E-state index contributed by atoms with van der Waals surface area (Å²) in [6.45, 7) is 17.1. The smallest absolute Gasteiger partial charge is 0.0594 e. The average Bonchev–Trinajstić information content (AvgIpc) is 3.00. The van der Waals surface area contributed by atoms with E-state index in [-0.39, 0.29) is 22.3 Å². The first-order chi connectivity index (χ1) is 14.9. The topological polar surface area (TPSA) is 40.5 Å². The minimum absolute atomic E-state index is 0.0122. The van der Waals surface area contributed by atoms with Gasteiger partial charge < -0.3 is 10.2 Å². The molecule has 0 amide bonds. The summed E-state index contributed by atoms with van der Waals surface area (Å²) >= 11 is 0. The van der Waals surface area contributed by atoms with Crippen molar-refractivity contribution < 1.29 is 10.2 Å². The summed E-state index contributed by atoms with van der Waals surface area (Å²) in [5.41, 5.74) is 5.85. The maximum Gasteiger partial charge on any atom is 0.0594 e. The highest BCUT2D eigenvalue weighted by Crippen LogP contribution is 2.72. The monoisotopic (exact) mass is 442 g/mol. The molecule has 4 aliphatic carbocycles. The number of aliphatic hydroxyl groups is 2. The molecule has 0 aromatic heterocycles. The summed E-state index contributed by atoms with van der Waals surface area (Å²) in [6.07, 6.45) is 14.1. The molecule has 0 aliphatic heterocycles. The third-order valence-corrected chi connectivity index (χ3v) is 11.7. The summed E-state index contributed by atoms with van der Waals surface area (Å²) in [6, 6.07) is 0. The molecule has 0 radical (unpaired) electrons. The van der Waals surface area contributed by atoms with Gasteiger partial charge >= 0.3 is 0 Å². The van der Waals surface area contributed by atoms with Crippen LogP contribution in [0.15, 0.2) is 22.8 Å². The molecular formula is C30H50O2. The number of allylic oxidation sites excluding steroid dienone is 4. The van der Waals surface area contributed by atoms with Gasteiger partial charge in [-0.15, -0.1) is 0 Å².